The summed E-state index contributed by atoms with van der Waals surface area (Å²) in [6, 6.07) is 7.08. The van der Waals surface area contributed by atoms with Gasteiger partial charge in [0.15, 0.2) is 0 Å². The molecule has 2 aliphatic heterocycles. The Morgan fingerprint density at radius 1 is 1.00 bits per heavy atom. The Labute approximate surface area is 177 Å². The van der Waals surface area contributed by atoms with E-state index in [0.717, 1.165) is 24.5 Å². The molecule has 0 radical (unpaired) electrons. The molecule has 2 saturated heterocycles. The summed E-state index contributed by atoms with van der Waals surface area (Å²) in [4.78, 5) is 13.5. The molecule has 0 bridgehead atoms. The summed E-state index contributed by atoms with van der Waals surface area (Å²) in [5.41, 5.74) is 0.879. The highest BCUT2D eigenvalue weighted by molar-refractivity contribution is 7.89. The molecule has 30 heavy (non-hydrogen) atoms. The number of sulfonamides is 1. The van der Waals surface area contributed by atoms with E-state index < -0.39 is 10.0 Å². The lowest BCUT2D eigenvalue weighted by Gasteiger charge is -2.35. The van der Waals surface area contributed by atoms with E-state index in [0.29, 0.717) is 51.1 Å². The first kappa shape index (κ1) is 20.8. The molecule has 2 aromatic rings. The Morgan fingerprint density at radius 3 is 2.43 bits per heavy atom. The van der Waals surface area contributed by atoms with Crippen LogP contribution in [-0.2, 0) is 14.8 Å². The van der Waals surface area contributed by atoms with Crippen molar-refractivity contribution in [2.24, 2.45) is 0 Å². The average molecular weight is 434 g/mol. The third kappa shape index (κ3) is 4.21. The van der Waals surface area contributed by atoms with Crippen LogP contribution < -0.4 is 14.5 Å². The number of ether oxygens (including phenoxy) is 2. The van der Waals surface area contributed by atoms with Gasteiger partial charge in [0.05, 0.1) is 20.3 Å². The molecule has 0 amide bonds. The first-order valence-corrected chi connectivity index (χ1v) is 11.5. The van der Waals surface area contributed by atoms with Crippen LogP contribution in [0.3, 0.4) is 0 Å². The second-order valence-corrected chi connectivity index (χ2v) is 9.27. The fourth-order valence-corrected chi connectivity index (χ4v) is 5.38. The van der Waals surface area contributed by atoms with Gasteiger partial charge in [0.25, 0.3) is 0 Å². The fraction of sp³-hybridized carbons (Fsp3) is 0.500. The van der Waals surface area contributed by atoms with Crippen molar-refractivity contribution < 1.29 is 17.9 Å². The van der Waals surface area contributed by atoms with Crippen molar-refractivity contribution in [3.63, 3.8) is 0 Å². The molecule has 2 aliphatic rings. The maximum Gasteiger partial charge on any atom is 0.246 e. The fourth-order valence-electron chi connectivity index (χ4n) is 3.71. The summed E-state index contributed by atoms with van der Waals surface area (Å²) in [6.45, 7) is 6.66. The molecule has 1 aromatic carbocycles. The molecule has 0 N–H and O–H groups in total. The van der Waals surface area contributed by atoms with Crippen LogP contribution in [0.2, 0.25) is 0 Å². The van der Waals surface area contributed by atoms with Gasteiger partial charge < -0.3 is 19.3 Å². The molecule has 162 valence electrons. The van der Waals surface area contributed by atoms with E-state index in [1.165, 1.54) is 11.4 Å². The molecule has 0 aliphatic carbocycles. The number of anilines is 2. The number of hydrogen-bond donors (Lipinski definition) is 0. The highest BCUT2D eigenvalue weighted by atomic mass is 32.2. The number of benzene rings is 1. The summed E-state index contributed by atoms with van der Waals surface area (Å²) in [6.07, 6.45) is 1.76. The summed E-state index contributed by atoms with van der Waals surface area (Å²) in [5.74, 6) is 1.88. The van der Waals surface area contributed by atoms with Gasteiger partial charge in [-0.3, -0.25) is 0 Å². The second kappa shape index (κ2) is 8.75. The van der Waals surface area contributed by atoms with Crippen molar-refractivity contribution >= 4 is 21.8 Å². The van der Waals surface area contributed by atoms with Gasteiger partial charge >= 0.3 is 0 Å². The smallest absolute Gasteiger partial charge is 0.246 e. The standard InChI is InChI=1S/C20H27N5O4S/c1-16-3-4-17(28-2)18(15-16)30(26,27)25-9-7-23(8-10-25)19-5-6-21-20(22-19)24-11-13-29-14-12-24/h3-6,15H,7-14H2,1-2H3. The van der Waals surface area contributed by atoms with Gasteiger partial charge in [0.1, 0.15) is 16.5 Å². The highest BCUT2D eigenvalue weighted by Crippen LogP contribution is 2.29. The zero-order chi connectivity index (χ0) is 21.1. The Hall–Kier alpha value is -2.43. The number of piperazine rings is 1. The van der Waals surface area contributed by atoms with Gasteiger partial charge in [-0.15, -0.1) is 0 Å². The Balaban J connectivity index is 1.47. The van der Waals surface area contributed by atoms with Crippen LogP contribution in [0, 0.1) is 6.92 Å². The normalized spacial score (nSPS) is 18.5. The summed E-state index contributed by atoms with van der Waals surface area (Å²) in [5, 5.41) is 0. The lowest BCUT2D eigenvalue weighted by molar-refractivity contribution is 0.122. The summed E-state index contributed by atoms with van der Waals surface area (Å²) < 4.78 is 38.6. The average Bonchev–Trinajstić information content (AvgIpc) is 2.80. The maximum atomic E-state index is 13.2. The van der Waals surface area contributed by atoms with Gasteiger partial charge in [-0.1, -0.05) is 6.07 Å². The van der Waals surface area contributed by atoms with E-state index in [9.17, 15) is 8.42 Å². The molecule has 4 rings (SSSR count). The molecule has 9 nitrogen and oxygen atoms in total. The van der Waals surface area contributed by atoms with E-state index in [1.807, 2.05) is 19.1 Å². The van der Waals surface area contributed by atoms with Crippen LogP contribution in [-0.4, -0.2) is 82.3 Å². The van der Waals surface area contributed by atoms with Gasteiger partial charge in [-0.2, -0.15) is 9.29 Å². The third-order valence-corrected chi connectivity index (χ3v) is 7.34. The van der Waals surface area contributed by atoms with Crippen molar-refractivity contribution in [3.05, 3.63) is 36.0 Å². The number of methoxy groups -OCH3 is 1. The van der Waals surface area contributed by atoms with Crippen LogP contribution in [0.15, 0.2) is 35.4 Å². The molecule has 0 atom stereocenters. The molecule has 0 spiro atoms. The maximum absolute atomic E-state index is 13.2. The van der Waals surface area contributed by atoms with Crippen LogP contribution in [0.4, 0.5) is 11.8 Å². The van der Waals surface area contributed by atoms with Gasteiger partial charge in [-0.05, 0) is 30.7 Å². The first-order chi connectivity index (χ1) is 14.5. The molecule has 1 aromatic heterocycles. The SMILES string of the molecule is COc1ccc(C)cc1S(=O)(=O)N1CCN(c2ccnc(N3CCOCC3)n2)CC1. The van der Waals surface area contributed by atoms with E-state index in [4.69, 9.17) is 14.5 Å². The van der Waals surface area contributed by atoms with Crippen LogP contribution in [0.5, 0.6) is 5.75 Å². The van der Waals surface area contributed by atoms with Crippen LogP contribution in [0.1, 0.15) is 5.56 Å². The molecular formula is C20H27N5O4S. The number of aryl methyl sites for hydroxylation is 1. The molecule has 3 heterocycles. The largest absolute Gasteiger partial charge is 0.495 e. The van der Waals surface area contributed by atoms with Crippen LogP contribution >= 0.6 is 0 Å². The van der Waals surface area contributed by atoms with Crippen molar-refractivity contribution in [2.75, 3.05) is 69.4 Å². The minimum atomic E-state index is -3.63. The topological polar surface area (TPSA) is 88.1 Å². The predicted octanol–water partition coefficient (Wildman–Crippen LogP) is 1.14. The number of rotatable bonds is 5. The zero-order valence-electron chi connectivity index (χ0n) is 17.3. The minimum absolute atomic E-state index is 0.218. The number of aromatic nitrogens is 2. The Bertz CT molecular complexity index is 986. The minimum Gasteiger partial charge on any atom is -0.495 e. The monoisotopic (exact) mass is 433 g/mol. The molecule has 0 saturated carbocycles. The second-order valence-electron chi connectivity index (χ2n) is 7.36. The molecule has 2 fully saturated rings. The number of morpholine rings is 1. The lowest BCUT2D eigenvalue weighted by atomic mass is 10.2. The van der Waals surface area contributed by atoms with E-state index >= 15 is 0 Å². The van der Waals surface area contributed by atoms with Crippen molar-refractivity contribution in [3.8, 4) is 5.75 Å². The van der Waals surface area contributed by atoms with Gasteiger partial charge in [0.2, 0.25) is 16.0 Å². The molecule has 0 unspecified atom stereocenters. The summed E-state index contributed by atoms with van der Waals surface area (Å²) >= 11 is 0. The number of hydrogen-bond acceptors (Lipinski definition) is 8. The van der Waals surface area contributed by atoms with E-state index in [1.54, 1.807) is 18.3 Å². The van der Waals surface area contributed by atoms with Crippen molar-refractivity contribution in [2.45, 2.75) is 11.8 Å². The van der Waals surface area contributed by atoms with Gasteiger partial charge in [0, 0.05) is 45.5 Å². The lowest BCUT2D eigenvalue weighted by Crippen LogP contribution is -2.49. The highest BCUT2D eigenvalue weighted by Gasteiger charge is 2.31. The van der Waals surface area contributed by atoms with Crippen molar-refractivity contribution in [1.29, 1.82) is 0 Å². The predicted molar refractivity (Wildman–Crippen MR) is 114 cm³/mol. The van der Waals surface area contributed by atoms with Gasteiger partial charge in [-0.25, -0.2) is 13.4 Å². The van der Waals surface area contributed by atoms with E-state index in [-0.39, 0.29) is 4.90 Å². The third-order valence-electron chi connectivity index (χ3n) is 5.42. The molecular weight excluding hydrogens is 406 g/mol. The first-order valence-electron chi connectivity index (χ1n) is 10.0. The van der Waals surface area contributed by atoms with E-state index in [2.05, 4.69) is 14.8 Å². The summed E-state index contributed by atoms with van der Waals surface area (Å²) in [7, 11) is -2.14. The quantitative estimate of drug-likeness (QED) is 0.694. The molecule has 10 heteroatoms. The Kier molecular flexibility index (Phi) is 6.07. The van der Waals surface area contributed by atoms with Crippen LogP contribution in [0.25, 0.3) is 0 Å². The zero-order valence-corrected chi connectivity index (χ0v) is 18.1. The van der Waals surface area contributed by atoms with Crippen molar-refractivity contribution in [1.82, 2.24) is 14.3 Å². The number of nitrogens with zero attached hydrogens (tertiary/aromatic N) is 5. The Morgan fingerprint density at radius 2 is 1.73 bits per heavy atom.